The van der Waals surface area contributed by atoms with Crippen molar-refractivity contribution in [1.29, 1.82) is 0 Å². The molecule has 0 fully saturated rings. The first-order valence-electron chi connectivity index (χ1n) is 19.4. The van der Waals surface area contributed by atoms with E-state index in [2.05, 4.69) is 206 Å². The Morgan fingerprint density at radius 3 is 1.46 bits per heavy atom. The van der Waals surface area contributed by atoms with Crippen LogP contribution in [-0.2, 0) is 5.41 Å². The van der Waals surface area contributed by atoms with Gasteiger partial charge in [0.25, 0.3) is 0 Å². The largest absolute Gasteiger partial charge is 0.455 e. The lowest BCUT2D eigenvalue weighted by molar-refractivity contribution is 0.669. The molecule has 0 spiro atoms. The van der Waals surface area contributed by atoms with Crippen molar-refractivity contribution >= 4 is 54.3 Å². The molecule has 56 heavy (non-hydrogen) atoms. The second-order valence-corrected chi connectivity index (χ2v) is 15.0. The minimum Gasteiger partial charge on any atom is -0.455 e. The second-order valence-electron chi connectivity index (χ2n) is 15.0. The summed E-state index contributed by atoms with van der Waals surface area (Å²) in [6, 6.07) is 75.7. The van der Waals surface area contributed by atoms with Crippen LogP contribution in [-0.4, -0.2) is 0 Å². The molecule has 0 N–H and O–H groups in total. The predicted octanol–water partition coefficient (Wildman–Crippen LogP) is 14.7. The number of hydrogen-bond donors (Lipinski definition) is 0. The van der Waals surface area contributed by atoms with Crippen molar-refractivity contribution in [2.45, 2.75) is 5.41 Å². The summed E-state index contributed by atoms with van der Waals surface area (Å²) in [5.74, 6) is 0. The van der Waals surface area contributed by atoms with E-state index in [9.17, 15) is 0 Å². The van der Waals surface area contributed by atoms with Gasteiger partial charge in [-0.1, -0.05) is 194 Å². The van der Waals surface area contributed by atoms with Crippen molar-refractivity contribution in [3.8, 4) is 33.4 Å². The van der Waals surface area contributed by atoms with Crippen molar-refractivity contribution in [3.63, 3.8) is 0 Å². The molecule has 1 aliphatic rings. The molecule has 10 aromatic carbocycles. The van der Waals surface area contributed by atoms with E-state index in [0.29, 0.717) is 0 Å². The third-order valence-electron chi connectivity index (χ3n) is 12.3. The molecular formula is C55H34O. The summed E-state index contributed by atoms with van der Waals surface area (Å²) in [7, 11) is 0. The lowest BCUT2D eigenvalue weighted by Gasteiger charge is -2.34. The lowest BCUT2D eigenvalue weighted by atomic mass is 9.67. The van der Waals surface area contributed by atoms with E-state index < -0.39 is 5.41 Å². The van der Waals surface area contributed by atoms with Crippen LogP contribution >= 0.6 is 0 Å². The fourth-order valence-corrected chi connectivity index (χ4v) is 10.1. The van der Waals surface area contributed by atoms with Crippen LogP contribution in [0.3, 0.4) is 0 Å². The highest BCUT2D eigenvalue weighted by molar-refractivity contribution is 6.28. The van der Waals surface area contributed by atoms with Gasteiger partial charge in [0, 0.05) is 16.3 Å². The number of rotatable bonds is 4. The zero-order valence-corrected chi connectivity index (χ0v) is 30.5. The average Bonchev–Trinajstić information content (AvgIpc) is 3.81. The standard InChI is InChI=1S/C55H34O/c1-4-19-36(20-5-1)49-40-26-12-14-28-42(40)50(43-29-15-13-27-41(43)49)45-34-47-53(54-51(45)44-30-16-17-31-48(44)56-54)52-39-25-11-10-18-35(39)32-33-46(52)55(47,37-21-6-2-7-22-37)38-23-8-3-9-24-38/h1-34H. The molecular weight excluding hydrogens is 677 g/mol. The van der Waals surface area contributed by atoms with Gasteiger partial charge in [0.2, 0.25) is 0 Å². The van der Waals surface area contributed by atoms with E-state index >= 15 is 0 Å². The maximum absolute atomic E-state index is 7.25. The van der Waals surface area contributed by atoms with Crippen molar-refractivity contribution in [3.05, 3.63) is 229 Å². The van der Waals surface area contributed by atoms with Crippen LogP contribution < -0.4 is 0 Å². The Morgan fingerprint density at radius 2 is 0.839 bits per heavy atom. The summed E-state index contributed by atoms with van der Waals surface area (Å²) in [5.41, 5.74) is 13.5. The molecule has 0 saturated heterocycles. The van der Waals surface area contributed by atoms with Crippen LogP contribution in [0.15, 0.2) is 211 Å². The maximum Gasteiger partial charge on any atom is 0.144 e. The number of para-hydroxylation sites is 1. The second kappa shape index (κ2) is 11.9. The zero-order valence-electron chi connectivity index (χ0n) is 30.5. The molecule has 0 amide bonds. The smallest absolute Gasteiger partial charge is 0.144 e. The number of furan rings is 1. The fraction of sp³-hybridized carbons (Fsp3) is 0.0182. The first-order chi connectivity index (χ1) is 27.8. The van der Waals surface area contributed by atoms with E-state index in [0.717, 1.165) is 21.9 Å². The Balaban J connectivity index is 1.34. The fourth-order valence-electron chi connectivity index (χ4n) is 10.1. The topological polar surface area (TPSA) is 13.1 Å². The van der Waals surface area contributed by atoms with Gasteiger partial charge in [-0.3, -0.25) is 0 Å². The van der Waals surface area contributed by atoms with Crippen LogP contribution in [0.1, 0.15) is 22.3 Å². The molecule has 0 atom stereocenters. The number of fused-ring (bicyclic) bond motifs is 11. The van der Waals surface area contributed by atoms with E-state index in [4.69, 9.17) is 4.42 Å². The van der Waals surface area contributed by atoms with Crippen LogP contribution in [0.4, 0.5) is 0 Å². The van der Waals surface area contributed by atoms with Gasteiger partial charge in [0.15, 0.2) is 0 Å². The van der Waals surface area contributed by atoms with Gasteiger partial charge in [0.1, 0.15) is 11.2 Å². The summed E-state index contributed by atoms with van der Waals surface area (Å²) < 4.78 is 7.25. The SMILES string of the molecule is c1ccc(-c2c3ccccc3c(-c3cc4c(c5oc6ccccc6c35)-c3c(ccc5ccccc35)C4(c3ccccc3)c3ccccc3)c3ccccc23)cc1. The molecule has 0 aliphatic heterocycles. The van der Waals surface area contributed by atoms with Gasteiger partial charge in [-0.2, -0.15) is 0 Å². The van der Waals surface area contributed by atoms with E-state index in [1.807, 2.05) is 0 Å². The first kappa shape index (κ1) is 31.2. The highest BCUT2D eigenvalue weighted by atomic mass is 16.3. The molecule has 0 bridgehead atoms. The Hall–Kier alpha value is -7.22. The summed E-state index contributed by atoms with van der Waals surface area (Å²) in [5, 5.41) is 9.65. The summed E-state index contributed by atoms with van der Waals surface area (Å²) in [6.45, 7) is 0. The zero-order chi connectivity index (χ0) is 36.8. The van der Waals surface area contributed by atoms with E-state index in [-0.39, 0.29) is 0 Å². The molecule has 0 saturated carbocycles. The van der Waals surface area contributed by atoms with Gasteiger partial charge in [0.05, 0.1) is 5.41 Å². The van der Waals surface area contributed by atoms with Gasteiger partial charge in [-0.25, -0.2) is 0 Å². The monoisotopic (exact) mass is 710 g/mol. The molecule has 1 aliphatic carbocycles. The Labute approximate surface area is 324 Å². The number of hydrogen-bond acceptors (Lipinski definition) is 1. The van der Waals surface area contributed by atoms with Crippen molar-refractivity contribution in [2.24, 2.45) is 0 Å². The minimum atomic E-state index is -0.616. The van der Waals surface area contributed by atoms with Crippen LogP contribution in [0, 0.1) is 0 Å². The quantitative estimate of drug-likeness (QED) is 0.166. The molecule has 1 heteroatoms. The van der Waals surface area contributed by atoms with Crippen molar-refractivity contribution < 1.29 is 4.42 Å². The Morgan fingerprint density at radius 1 is 0.339 bits per heavy atom. The van der Waals surface area contributed by atoms with E-state index in [1.165, 1.54) is 88.0 Å². The maximum atomic E-state index is 7.25. The highest BCUT2D eigenvalue weighted by Gasteiger charge is 2.48. The average molecular weight is 711 g/mol. The van der Waals surface area contributed by atoms with Gasteiger partial charge in [-0.05, 0) is 94.5 Å². The van der Waals surface area contributed by atoms with Gasteiger partial charge >= 0.3 is 0 Å². The molecule has 1 heterocycles. The summed E-state index contributed by atoms with van der Waals surface area (Å²) in [4.78, 5) is 0. The molecule has 0 radical (unpaired) electrons. The first-order valence-corrected chi connectivity index (χ1v) is 19.4. The van der Waals surface area contributed by atoms with Crippen LogP contribution in [0.25, 0.3) is 87.6 Å². The third kappa shape index (κ3) is 4.15. The third-order valence-corrected chi connectivity index (χ3v) is 12.3. The highest BCUT2D eigenvalue weighted by Crippen LogP contribution is 2.62. The molecule has 12 rings (SSSR count). The normalized spacial score (nSPS) is 13.1. The van der Waals surface area contributed by atoms with Gasteiger partial charge < -0.3 is 4.42 Å². The van der Waals surface area contributed by atoms with Gasteiger partial charge in [-0.15, -0.1) is 0 Å². The number of benzene rings is 10. The van der Waals surface area contributed by atoms with Crippen LogP contribution in [0.2, 0.25) is 0 Å². The predicted molar refractivity (Wildman–Crippen MR) is 234 cm³/mol. The molecule has 11 aromatic rings. The van der Waals surface area contributed by atoms with Crippen molar-refractivity contribution in [1.82, 2.24) is 0 Å². The lowest BCUT2D eigenvalue weighted by Crippen LogP contribution is -2.28. The Kier molecular flexibility index (Phi) is 6.62. The summed E-state index contributed by atoms with van der Waals surface area (Å²) in [6.07, 6.45) is 0. The summed E-state index contributed by atoms with van der Waals surface area (Å²) >= 11 is 0. The minimum absolute atomic E-state index is 0.616. The molecule has 1 aromatic heterocycles. The Bertz CT molecular complexity index is 3240. The van der Waals surface area contributed by atoms with E-state index in [1.54, 1.807) is 0 Å². The van der Waals surface area contributed by atoms with Crippen molar-refractivity contribution in [2.75, 3.05) is 0 Å². The molecule has 0 unspecified atom stereocenters. The molecule has 1 nitrogen and oxygen atoms in total. The van der Waals surface area contributed by atoms with Crippen LogP contribution in [0.5, 0.6) is 0 Å². The molecule has 260 valence electrons.